The SMILES string of the molecule is C/C(Nc1ccccc1F)=C(/N=N)C(=O)Nc1ccc(Oc2ccnc(N)c2Cl)c(F)c1. The highest BCUT2D eigenvalue weighted by Crippen LogP contribution is 2.34. The molecule has 0 radical (unpaired) electrons. The summed E-state index contributed by atoms with van der Waals surface area (Å²) >= 11 is 5.99. The lowest BCUT2D eigenvalue weighted by molar-refractivity contribution is -0.113. The number of benzene rings is 2. The summed E-state index contributed by atoms with van der Waals surface area (Å²) in [6.45, 7) is 1.46. The van der Waals surface area contributed by atoms with E-state index in [4.69, 9.17) is 27.6 Å². The molecular formula is C21H17ClF2N6O2. The number of nitrogens with zero attached hydrogens (tertiary/aromatic N) is 2. The summed E-state index contributed by atoms with van der Waals surface area (Å²) in [7, 11) is 0. The van der Waals surface area contributed by atoms with Gasteiger partial charge in [0.15, 0.2) is 23.0 Å². The monoisotopic (exact) mass is 458 g/mol. The molecule has 0 saturated carbocycles. The zero-order chi connectivity index (χ0) is 23.3. The maximum Gasteiger partial charge on any atom is 0.277 e. The Labute approximate surface area is 186 Å². The average Bonchev–Trinajstić information content (AvgIpc) is 2.75. The first kappa shape index (κ1) is 22.6. The molecule has 3 rings (SSSR count). The number of hydrogen-bond acceptors (Lipinski definition) is 7. The molecule has 0 unspecified atom stereocenters. The molecule has 0 fully saturated rings. The summed E-state index contributed by atoms with van der Waals surface area (Å²) in [6.07, 6.45) is 1.36. The maximum atomic E-state index is 14.5. The van der Waals surface area contributed by atoms with E-state index in [2.05, 4.69) is 20.7 Å². The van der Waals surface area contributed by atoms with E-state index in [-0.39, 0.29) is 45.1 Å². The molecule has 0 saturated heterocycles. The van der Waals surface area contributed by atoms with Crippen LogP contribution in [0.4, 0.5) is 26.0 Å². The molecule has 0 bridgehead atoms. The molecule has 0 spiro atoms. The van der Waals surface area contributed by atoms with Crippen LogP contribution in [0.5, 0.6) is 11.5 Å². The van der Waals surface area contributed by atoms with E-state index in [0.29, 0.717) is 0 Å². The Morgan fingerprint density at radius 1 is 1.12 bits per heavy atom. The van der Waals surface area contributed by atoms with Crippen LogP contribution in [0.3, 0.4) is 0 Å². The Kier molecular flexibility index (Phi) is 6.96. The third-order valence-corrected chi connectivity index (χ3v) is 4.55. The molecular weight excluding hydrogens is 442 g/mol. The number of halogens is 3. The minimum Gasteiger partial charge on any atom is -0.453 e. The molecule has 1 amide bonds. The number of nitrogen functional groups attached to an aromatic ring is 1. The fraction of sp³-hybridized carbons (Fsp3) is 0.0476. The van der Waals surface area contributed by atoms with Gasteiger partial charge >= 0.3 is 0 Å². The number of anilines is 3. The van der Waals surface area contributed by atoms with Gasteiger partial charge in [0.2, 0.25) is 0 Å². The lowest BCUT2D eigenvalue weighted by Gasteiger charge is -2.12. The third kappa shape index (κ3) is 5.16. The van der Waals surface area contributed by atoms with Crippen molar-refractivity contribution in [2.75, 3.05) is 16.4 Å². The van der Waals surface area contributed by atoms with Crippen molar-refractivity contribution < 1.29 is 18.3 Å². The molecule has 1 heterocycles. The van der Waals surface area contributed by atoms with Gasteiger partial charge in [0.05, 0.1) is 5.69 Å². The second kappa shape index (κ2) is 9.84. The average molecular weight is 459 g/mol. The number of nitrogens with one attached hydrogen (secondary N) is 3. The van der Waals surface area contributed by atoms with E-state index in [1.165, 1.54) is 49.5 Å². The van der Waals surface area contributed by atoms with Gasteiger partial charge in [-0.25, -0.2) is 19.3 Å². The van der Waals surface area contributed by atoms with Crippen LogP contribution in [0, 0.1) is 17.2 Å². The Balaban J connectivity index is 1.76. The Morgan fingerprint density at radius 3 is 2.56 bits per heavy atom. The van der Waals surface area contributed by atoms with Gasteiger partial charge in [0.1, 0.15) is 16.7 Å². The summed E-state index contributed by atoms with van der Waals surface area (Å²) < 4.78 is 33.7. The zero-order valence-corrected chi connectivity index (χ0v) is 17.4. The Morgan fingerprint density at radius 2 is 1.88 bits per heavy atom. The topological polar surface area (TPSA) is 125 Å². The molecule has 0 aliphatic heterocycles. The van der Waals surface area contributed by atoms with Gasteiger partial charge in [-0.3, -0.25) is 4.79 Å². The quantitative estimate of drug-likeness (QED) is 0.267. The fourth-order valence-electron chi connectivity index (χ4n) is 2.62. The molecule has 0 aliphatic rings. The van der Waals surface area contributed by atoms with Crippen molar-refractivity contribution in [3.8, 4) is 11.5 Å². The van der Waals surface area contributed by atoms with Gasteiger partial charge in [-0.05, 0) is 31.2 Å². The minimum atomic E-state index is -0.792. The van der Waals surface area contributed by atoms with Crippen molar-refractivity contribution in [3.05, 3.63) is 82.8 Å². The molecule has 2 aromatic carbocycles. The highest BCUT2D eigenvalue weighted by atomic mass is 35.5. The van der Waals surface area contributed by atoms with Gasteiger partial charge in [-0.2, -0.15) is 5.11 Å². The summed E-state index contributed by atoms with van der Waals surface area (Å²) in [6, 6.07) is 10.9. The van der Waals surface area contributed by atoms with Crippen molar-refractivity contribution in [3.63, 3.8) is 0 Å². The lowest BCUT2D eigenvalue weighted by Crippen LogP contribution is -2.17. The number of aromatic nitrogens is 1. The van der Waals surface area contributed by atoms with Crippen LogP contribution in [-0.2, 0) is 4.79 Å². The fourth-order valence-corrected chi connectivity index (χ4v) is 2.77. The second-order valence-electron chi connectivity index (χ2n) is 6.40. The summed E-state index contributed by atoms with van der Waals surface area (Å²) in [5, 5.41) is 8.37. The van der Waals surface area contributed by atoms with Crippen molar-refractivity contribution in [1.82, 2.24) is 4.98 Å². The van der Waals surface area contributed by atoms with Gasteiger partial charge in [0, 0.05) is 29.7 Å². The first-order chi connectivity index (χ1) is 15.3. The number of amides is 1. The normalized spacial score (nSPS) is 11.4. The van der Waals surface area contributed by atoms with Crippen molar-refractivity contribution in [1.29, 1.82) is 5.53 Å². The van der Waals surface area contributed by atoms with Gasteiger partial charge in [-0.15, -0.1) is 0 Å². The predicted molar refractivity (Wildman–Crippen MR) is 117 cm³/mol. The predicted octanol–water partition coefficient (Wildman–Crippen LogP) is 5.70. The lowest BCUT2D eigenvalue weighted by atomic mass is 10.2. The van der Waals surface area contributed by atoms with Crippen LogP contribution in [0.25, 0.3) is 0 Å². The molecule has 11 heteroatoms. The molecule has 5 N–H and O–H groups in total. The Hall–Kier alpha value is -4.05. The molecule has 32 heavy (non-hydrogen) atoms. The maximum absolute atomic E-state index is 14.5. The van der Waals surface area contributed by atoms with Crippen LogP contribution in [0.2, 0.25) is 5.02 Å². The van der Waals surface area contributed by atoms with E-state index in [9.17, 15) is 13.6 Å². The van der Waals surface area contributed by atoms with Crippen LogP contribution in [0.1, 0.15) is 6.92 Å². The van der Waals surface area contributed by atoms with Gasteiger partial charge in [0.25, 0.3) is 5.91 Å². The van der Waals surface area contributed by atoms with Gasteiger partial charge in [-0.1, -0.05) is 23.7 Å². The number of allylic oxidation sites excluding steroid dienone is 1. The number of rotatable bonds is 7. The van der Waals surface area contributed by atoms with Crippen LogP contribution >= 0.6 is 11.6 Å². The third-order valence-electron chi connectivity index (χ3n) is 4.17. The van der Waals surface area contributed by atoms with E-state index < -0.39 is 17.5 Å². The molecule has 3 aromatic rings. The highest BCUT2D eigenvalue weighted by Gasteiger charge is 2.16. The molecule has 0 aliphatic carbocycles. The molecule has 0 atom stereocenters. The smallest absolute Gasteiger partial charge is 0.277 e. The molecule has 164 valence electrons. The number of carbonyl (C=O) groups excluding carboxylic acids is 1. The number of carbonyl (C=O) groups is 1. The van der Waals surface area contributed by atoms with E-state index in [1.807, 2.05) is 0 Å². The number of pyridine rings is 1. The molecule has 8 nitrogen and oxygen atoms in total. The minimum absolute atomic E-state index is 0.0336. The van der Waals surface area contributed by atoms with Crippen LogP contribution in [-0.4, -0.2) is 10.9 Å². The van der Waals surface area contributed by atoms with Crippen molar-refractivity contribution in [2.24, 2.45) is 5.11 Å². The first-order valence-electron chi connectivity index (χ1n) is 9.08. The number of nitrogens with two attached hydrogens (primary N) is 1. The van der Waals surface area contributed by atoms with Crippen LogP contribution in [0.15, 0.2) is 71.2 Å². The van der Waals surface area contributed by atoms with E-state index in [1.54, 1.807) is 6.07 Å². The number of hydrogen-bond donors (Lipinski definition) is 4. The highest BCUT2D eigenvalue weighted by molar-refractivity contribution is 6.34. The van der Waals surface area contributed by atoms with Crippen molar-refractivity contribution in [2.45, 2.75) is 6.92 Å². The summed E-state index contributed by atoms with van der Waals surface area (Å²) in [5.74, 6) is -2.13. The van der Waals surface area contributed by atoms with E-state index >= 15 is 0 Å². The van der Waals surface area contributed by atoms with Gasteiger partial charge < -0.3 is 21.1 Å². The summed E-state index contributed by atoms with van der Waals surface area (Å²) in [5.41, 5.74) is 12.9. The van der Waals surface area contributed by atoms with Crippen molar-refractivity contribution >= 4 is 34.7 Å². The zero-order valence-electron chi connectivity index (χ0n) is 16.6. The summed E-state index contributed by atoms with van der Waals surface area (Å²) in [4.78, 5) is 16.3. The molecule has 1 aromatic heterocycles. The number of para-hydroxylation sites is 1. The Bertz CT molecular complexity index is 1220. The first-order valence-corrected chi connectivity index (χ1v) is 9.46. The largest absolute Gasteiger partial charge is 0.453 e. The number of ether oxygens (including phenoxy) is 1. The standard InChI is InChI=1S/C21H17ClF2N6O2/c1-11(28-15-5-3-2-4-13(15)23)19(30-26)21(31)29-12-6-7-16(14(24)10-12)32-17-8-9-27-20(25)18(17)22/h2-10,26,28H,1H3,(H2,25,27)(H,29,31)/b19-11-,30-26?. The van der Waals surface area contributed by atoms with Crippen LogP contribution < -0.4 is 21.1 Å². The van der Waals surface area contributed by atoms with E-state index in [0.717, 1.165) is 6.07 Å². The second-order valence-corrected chi connectivity index (χ2v) is 6.78.